The average Bonchev–Trinajstić information content (AvgIpc) is 4.02. The van der Waals surface area contributed by atoms with E-state index in [0.29, 0.717) is 38.4 Å². The summed E-state index contributed by atoms with van der Waals surface area (Å²) in [7, 11) is 6.61. The molecule has 0 saturated heterocycles. The maximum atomic E-state index is 13.3. The maximum absolute atomic E-state index is 13.3. The zero-order chi connectivity index (χ0) is 40.3. The number of fused-ring (bicyclic) bond motifs is 4. The Balaban J connectivity index is 0.000000208. The van der Waals surface area contributed by atoms with Crippen molar-refractivity contribution in [3.05, 3.63) is 118 Å². The van der Waals surface area contributed by atoms with Gasteiger partial charge in [0, 0.05) is 73.7 Å². The summed E-state index contributed by atoms with van der Waals surface area (Å²) in [5.74, 6) is 2.06. The first kappa shape index (κ1) is 48.8. The average molecular weight is 831 g/mol. The molecule has 2 fully saturated rings. The van der Waals surface area contributed by atoms with Crippen LogP contribution in [-0.4, -0.2) is 114 Å². The number of hydrogen-bond donors (Lipinski definition) is 0. The van der Waals surface area contributed by atoms with Crippen molar-refractivity contribution >= 4 is 64.2 Å². The molecule has 1 amide bonds. The molecule has 2 spiro atoms. The Morgan fingerprint density at radius 2 is 1.05 bits per heavy atom. The van der Waals surface area contributed by atoms with Crippen LogP contribution in [0.25, 0.3) is 0 Å². The molecule has 4 aliphatic rings. The van der Waals surface area contributed by atoms with Crippen LogP contribution in [0, 0.1) is 13.8 Å². The molecular formula is C48H64AlN2NaO7. The van der Waals surface area contributed by atoms with Crippen molar-refractivity contribution in [1.82, 2.24) is 0 Å². The van der Waals surface area contributed by atoms with Gasteiger partial charge in [-0.2, -0.15) is 0 Å². The van der Waals surface area contributed by atoms with Crippen LogP contribution in [0.5, 0.6) is 11.5 Å². The predicted molar refractivity (Wildman–Crippen MR) is 241 cm³/mol. The number of hydrogen-bond acceptors (Lipinski definition) is 8. The molecule has 0 unspecified atom stereocenters. The van der Waals surface area contributed by atoms with Crippen LogP contribution in [0.3, 0.4) is 0 Å². The van der Waals surface area contributed by atoms with Crippen LogP contribution in [0.15, 0.2) is 84.9 Å². The molecule has 0 bridgehead atoms. The molecule has 312 valence electrons. The van der Waals surface area contributed by atoms with Gasteiger partial charge in [0.2, 0.25) is 5.91 Å². The van der Waals surface area contributed by atoms with E-state index in [1.165, 1.54) is 60.2 Å². The summed E-state index contributed by atoms with van der Waals surface area (Å²) < 4.78 is 19.9. The first-order chi connectivity index (χ1) is 27.8. The van der Waals surface area contributed by atoms with Crippen molar-refractivity contribution in [3.63, 3.8) is 0 Å². The topological polar surface area (TPSA) is 78.9 Å². The summed E-state index contributed by atoms with van der Waals surface area (Å²) in [5.41, 5.74) is 10.6. The number of carbonyl (C=O) groups excluding carboxylic acids is 1. The summed E-state index contributed by atoms with van der Waals surface area (Å²) >= 11 is 0. The van der Waals surface area contributed by atoms with Gasteiger partial charge in [0.25, 0.3) is 0 Å². The van der Waals surface area contributed by atoms with Crippen LogP contribution in [0.2, 0.25) is 0 Å². The minimum atomic E-state index is -0.268. The molecule has 2 heterocycles. The van der Waals surface area contributed by atoms with Gasteiger partial charge < -0.3 is 28.7 Å². The predicted octanol–water partition coefficient (Wildman–Crippen LogP) is 8.13. The molecule has 2 saturated carbocycles. The molecule has 0 N–H and O–H groups in total. The molecule has 0 atom stereocenters. The quantitative estimate of drug-likeness (QED) is 0.0579. The second-order valence-electron chi connectivity index (χ2n) is 15.9. The van der Waals surface area contributed by atoms with E-state index in [1.54, 1.807) is 34.0 Å². The first-order valence-electron chi connectivity index (χ1n) is 20.5. The van der Waals surface area contributed by atoms with Crippen LogP contribution < -0.4 is 19.3 Å². The van der Waals surface area contributed by atoms with E-state index in [9.17, 15) is 4.79 Å². The van der Waals surface area contributed by atoms with Gasteiger partial charge in [-0.3, -0.25) is 4.79 Å². The third kappa shape index (κ3) is 11.7. The number of nitrogens with zero attached hydrogens (tertiary/aromatic N) is 2. The Morgan fingerprint density at radius 3 is 1.56 bits per heavy atom. The van der Waals surface area contributed by atoms with Crippen LogP contribution in [-0.2, 0) is 48.0 Å². The Kier molecular flexibility index (Phi) is 19.3. The monoisotopic (exact) mass is 830 g/mol. The molecule has 4 aromatic carbocycles. The van der Waals surface area contributed by atoms with Gasteiger partial charge in [0.05, 0.1) is 39.4 Å². The van der Waals surface area contributed by atoms with Crippen LogP contribution in [0.4, 0.5) is 11.4 Å². The molecule has 59 heavy (non-hydrogen) atoms. The zero-order valence-corrected chi connectivity index (χ0v) is 40.9. The summed E-state index contributed by atoms with van der Waals surface area (Å²) in [6.07, 6.45) is 9.73. The third-order valence-electron chi connectivity index (χ3n) is 12.0. The number of anilines is 2. The standard InChI is InChI=1S/C21H23NO2.C21H25NO.C6H14O4.Al.Na.2H/c1-15-5-10-18-19(13-15)22(20(23)21(18)11-3-4-12-21)14-16-6-8-17(24-2)9-7-16;1-16-5-10-19-20(13-16)22(15-21(19)11-3-4-12-21)14-17-6-8-18(23-2)9-7-17;1-7-3-5-9-10-6-4-8-2;;;;/h5-10,13H,3-4,11-12,14H2,1-2H3;5-10,13H,3-4,11-12,14-15H2,1-2H3;3-6H2,1-2H3;;;;. The first-order valence-corrected chi connectivity index (χ1v) is 20.5. The van der Waals surface area contributed by atoms with Gasteiger partial charge >= 0.3 is 0 Å². The molecule has 2 radical (unpaired) electrons. The van der Waals surface area contributed by atoms with Crippen LogP contribution in [0.1, 0.15) is 84.7 Å². The number of benzene rings is 4. The minimum Gasteiger partial charge on any atom is -0.497 e. The van der Waals surface area contributed by atoms with E-state index in [4.69, 9.17) is 18.9 Å². The largest absolute Gasteiger partial charge is 0.497 e. The molecule has 2 aliphatic carbocycles. The van der Waals surface area contributed by atoms with Gasteiger partial charge in [0.1, 0.15) is 42.1 Å². The van der Waals surface area contributed by atoms with Crippen molar-refractivity contribution in [2.45, 2.75) is 89.1 Å². The molecular weight excluding hydrogens is 767 g/mol. The molecule has 9 nitrogen and oxygen atoms in total. The van der Waals surface area contributed by atoms with Crippen molar-refractivity contribution in [3.8, 4) is 11.5 Å². The Hall–Kier alpha value is -2.88. The van der Waals surface area contributed by atoms with Gasteiger partial charge in [-0.1, -0.05) is 74.2 Å². The second kappa shape index (κ2) is 23.4. The van der Waals surface area contributed by atoms with Crippen molar-refractivity contribution in [2.75, 3.05) is 71.2 Å². The summed E-state index contributed by atoms with van der Waals surface area (Å²) in [6.45, 7) is 9.10. The summed E-state index contributed by atoms with van der Waals surface area (Å²) in [5, 5.41) is 0. The fraction of sp³-hybridized carbons (Fsp3) is 0.479. The number of ether oxygens (including phenoxy) is 4. The summed E-state index contributed by atoms with van der Waals surface area (Å²) in [4.78, 5) is 27.3. The third-order valence-corrected chi connectivity index (χ3v) is 12.0. The molecule has 4 aromatic rings. The van der Waals surface area contributed by atoms with E-state index in [1.807, 2.05) is 29.2 Å². The van der Waals surface area contributed by atoms with Gasteiger partial charge in [-0.05, 0) is 109 Å². The van der Waals surface area contributed by atoms with Gasteiger partial charge in [0.15, 0.2) is 0 Å². The number of methoxy groups -OCH3 is 4. The van der Waals surface area contributed by atoms with Crippen molar-refractivity contribution in [2.24, 2.45) is 0 Å². The second-order valence-corrected chi connectivity index (χ2v) is 15.9. The normalized spacial score (nSPS) is 16.3. The Labute approximate surface area is 385 Å². The number of amides is 1. The SMILES string of the molecule is COCCOOCCOC.COc1ccc(CN2C(=O)C3(CCCC3)c3ccc(C)cc32)cc1.COc1ccc(CN2CC3(CCCC3)c3ccc(C)cc32)cc1.[AlH2].[Na]. The van der Waals surface area contributed by atoms with E-state index in [2.05, 4.69) is 89.2 Å². The van der Waals surface area contributed by atoms with Crippen molar-refractivity contribution in [1.29, 1.82) is 0 Å². The molecule has 11 heteroatoms. The molecule has 2 aliphatic heterocycles. The Bertz CT molecular complexity index is 1890. The van der Waals surface area contributed by atoms with E-state index >= 15 is 0 Å². The zero-order valence-electron chi connectivity index (χ0n) is 36.9. The minimum absolute atomic E-state index is 0. The maximum Gasteiger partial charge on any atom is 0.238 e. The number of aryl methyl sites for hydroxylation is 2. The summed E-state index contributed by atoms with van der Waals surface area (Å²) in [6, 6.07) is 30.1. The number of rotatable bonds is 13. The fourth-order valence-electron chi connectivity index (χ4n) is 9.10. The van der Waals surface area contributed by atoms with Crippen LogP contribution >= 0.6 is 0 Å². The smallest absolute Gasteiger partial charge is 0.238 e. The molecule has 8 rings (SSSR count). The number of carbonyl (C=O) groups is 1. The van der Waals surface area contributed by atoms with Gasteiger partial charge in [-0.25, -0.2) is 9.78 Å². The van der Waals surface area contributed by atoms with E-state index < -0.39 is 0 Å². The van der Waals surface area contributed by atoms with Gasteiger partial charge in [-0.15, -0.1) is 0 Å². The fourth-order valence-corrected chi connectivity index (χ4v) is 9.10. The van der Waals surface area contributed by atoms with E-state index in [-0.39, 0.29) is 58.2 Å². The molecule has 0 aromatic heterocycles. The Morgan fingerprint density at radius 1 is 0.576 bits per heavy atom. The van der Waals surface area contributed by atoms with E-state index in [0.717, 1.165) is 55.0 Å². The van der Waals surface area contributed by atoms with Crippen molar-refractivity contribution < 1.29 is 33.5 Å².